The molecule has 0 N–H and O–H groups in total. The maximum absolute atomic E-state index is 4.58. The Morgan fingerprint density at radius 2 is 1.73 bits per heavy atom. The summed E-state index contributed by atoms with van der Waals surface area (Å²) in [5.74, 6) is 0. The van der Waals surface area contributed by atoms with E-state index in [1.165, 1.54) is 27.8 Å². The molecule has 26 heavy (non-hydrogen) atoms. The van der Waals surface area contributed by atoms with Crippen LogP contribution in [0.1, 0.15) is 51.3 Å². The monoisotopic (exact) mass is 519 g/mol. The van der Waals surface area contributed by atoms with Crippen LogP contribution in [0.2, 0.25) is 0 Å². The van der Waals surface area contributed by atoms with Gasteiger partial charge in [0.2, 0.25) is 0 Å². The average Bonchev–Trinajstić information content (AvgIpc) is 2.83. The molecule has 1 radical (unpaired) electrons. The molecular weight excluding hydrogens is 494 g/mol. The third kappa shape index (κ3) is 2.86. The van der Waals surface area contributed by atoms with Gasteiger partial charge in [-0.2, -0.15) is 0 Å². The van der Waals surface area contributed by atoms with Crippen molar-refractivity contribution in [3.63, 3.8) is 0 Å². The van der Waals surface area contributed by atoms with Crippen molar-refractivity contribution in [3.8, 4) is 22.4 Å². The number of rotatable bonds is 1. The predicted molar refractivity (Wildman–Crippen MR) is 105 cm³/mol. The summed E-state index contributed by atoms with van der Waals surface area (Å²) < 4.78 is 0. The Morgan fingerprint density at radius 3 is 2.38 bits per heavy atom. The molecule has 1 aromatic heterocycles. The zero-order chi connectivity index (χ0) is 17.8. The van der Waals surface area contributed by atoms with Gasteiger partial charge in [0.05, 0.1) is 0 Å². The predicted octanol–water partition coefficient (Wildman–Crippen LogP) is 6.15. The zero-order valence-corrected chi connectivity index (χ0v) is 18.4. The first-order chi connectivity index (χ1) is 11.8. The maximum Gasteiger partial charge on any atom is 0.0160 e. The third-order valence-electron chi connectivity index (χ3n) is 5.39. The van der Waals surface area contributed by atoms with E-state index in [-0.39, 0.29) is 30.9 Å². The Kier molecular flexibility index (Phi) is 4.71. The Balaban J connectivity index is 0.00000196. The van der Waals surface area contributed by atoms with E-state index in [1.54, 1.807) is 0 Å². The van der Waals surface area contributed by atoms with Gasteiger partial charge in [-0.1, -0.05) is 70.5 Å². The molecule has 135 valence electrons. The molecule has 1 aliphatic carbocycles. The first-order valence-electron chi connectivity index (χ1n) is 8.92. The Morgan fingerprint density at radius 1 is 0.962 bits per heavy atom. The molecule has 0 fully saturated rings. The molecule has 1 aliphatic rings. The van der Waals surface area contributed by atoms with Crippen LogP contribution in [0.5, 0.6) is 0 Å². The maximum atomic E-state index is 4.58. The van der Waals surface area contributed by atoms with Crippen molar-refractivity contribution < 1.29 is 20.1 Å². The molecule has 3 aromatic rings. The second-order valence-corrected chi connectivity index (χ2v) is 8.49. The molecule has 0 spiro atoms. The Hall–Kier alpha value is -1.76. The molecule has 0 saturated heterocycles. The molecular formula is C24H24IrN-. The summed E-state index contributed by atoms with van der Waals surface area (Å²) in [6.45, 7) is 11.5. The molecule has 0 amide bonds. The van der Waals surface area contributed by atoms with Gasteiger partial charge in [-0.3, -0.25) is 0 Å². The summed E-state index contributed by atoms with van der Waals surface area (Å²) in [6, 6.07) is 20.7. The fourth-order valence-corrected chi connectivity index (χ4v) is 3.98. The first-order valence-corrected chi connectivity index (χ1v) is 8.92. The van der Waals surface area contributed by atoms with Gasteiger partial charge in [-0.25, -0.2) is 0 Å². The fourth-order valence-electron chi connectivity index (χ4n) is 3.98. The molecule has 1 heterocycles. The molecule has 4 rings (SSSR count). The van der Waals surface area contributed by atoms with Gasteiger partial charge in [0.15, 0.2) is 0 Å². The minimum absolute atomic E-state index is 0. The molecule has 0 unspecified atom stereocenters. The summed E-state index contributed by atoms with van der Waals surface area (Å²) in [5.41, 5.74) is 9.01. The summed E-state index contributed by atoms with van der Waals surface area (Å²) in [5, 5.41) is 0. The summed E-state index contributed by atoms with van der Waals surface area (Å²) in [7, 11) is 0. The number of hydrogen-bond donors (Lipinski definition) is 0. The van der Waals surface area contributed by atoms with E-state index in [0.717, 1.165) is 11.3 Å². The average molecular weight is 519 g/mol. The van der Waals surface area contributed by atoms with Crippen molar-refractivity contribution in [2.24, 2.45) is 0 Å². The van der Waals surface area contributed by atoms with E-state index >= 15 is 0 Å². The topological polar surface area (TPSA) is 12.9 Å². The van der Waals surface area contributed by atoms with Crippen molar-refractivity contribution in [2.45, 2.75) is 45.4 Å². The van der Waals surface area contributed by atoms with E-state index < -0.39 is 0 Å². The molecule has 2 heteroatoms. The van der Waals surface area contributed by atoms with E-state index in [4.69, 9.17) is 0 Å². The summed E-state index contributed by atoms with van der Waals surface area (Å²) in [6.07, 6.45) is 1.86. The number of nitrogens with zero attached hydrogens (tertiary/aromatic N) is 1. The fraction of sp³-hybridized carbons (Fsp3) is 0.292. The SMILES string of the molecule is CC(C)(C)c1ccc2c(c1)C(C)(C)c1c(-c3ccccn3)[c-]ccc1-2.[Ir]. The van der Waals surface area contributed by atoms with Crippen LogP contribution in [-0.4, -0.2) is 4.98 Å². The van der Waals surface area contributed by atoms with Gasteiger partial charge in [-0.15, -0.1) is 29.3 Å². The van der Waals surface area contributed by atoms with Gasteiger partial charge in [-0.05, 0) is 39.3 Å². The molecule has 2 aromatic carbocycles. The largest absolute Gasteiger partial charge is 0.305 e. The van der Waals surface area contributed by atoms with Crippen LogP contribution >= 0.6 is 0 Å². The van der Waals surface area contributed by atoms with Crippen molar-refractivity contribution in [1.29, 1.82) is 0 Å². The third-order valence-corrected chi connectivity index (χ3v) is 5.39. The van der Waals surface area contributed by atoms with Crippen LogP contribution in [0.4, 0.5) is 0 Å². The second kappa shape index (κ2) is 6.44. The van der Waals surface area contributed by atoms with Gasteiger partial charge in [0, 0.05) is 26.3 Å². The van der Waals surface area contributed by atoms with Crippen LogP contribution < -0.4 is 0 Å². The van der Waals surface area contributed by atoms with E-state index in [9.17, 15) is 0 Å². The van der Waals surface area contributed by atoms with Crippen molar-refractivity contribution >= 4 is 0 Å². The molecule has 1 nitrogen and oxygen atoms in total. The van der Waals surface area contributed by atoms with Crippen LogP contribution in [0.15, 0.2) is 54.7 Å². The summed E-state index contributed by atoms with van der Waals surface area (Å²) in [4.78, 5) is 4.58. The molecule has 0 aliphatic heterocycles. The van der Waals surface area contributed by atoms with Crippen LogP contribution in [-0.2, 0) is 30.9 Å². The van der Waals surface area contributed by atoms with Crippen LogP contribution in [0, 0.1) is 6.07 Å². The van der Waals surface area contributed by atoms with E-state index in [2.05, 4.69) is 76.0 Å². The number of pyridine rings is 1. The minimum atomic E-state index is -0.0590. The van der Waals surface area contributed by atoms with Crippen molar-refractivity contribution in [2.75, 3.05) is 0 Å². The Labute approximate surface area is 170 Å². The first kappa shape index (κ1) is 19.0. The van der Waals surface area contributed by atoms with Crippen molar-refractivity contribution in [3.05, 3.63) is 77.5 Å². The number of benzene rings is 2. The Bertz CT molecular complexity index is 950. The second-order valence-electron chi connectivity index (χ2n) is 8.49. The number of hydrogen-bond acceptors (Lipinski definition) is 1. The van der Waals surface area contributed by atoms with Gasteiger partial charge in [0.1, 0.15) is 0 Å². The number of fused-ring (bicyclic) bond motifs is 3. The van der Waals surface area contributed by atoms with E-state index in [1.807, 2.05) is 24.4 Å². The van der Waals surface area contributed by atoms with Gasteiger partial charge in [0.25, 0.3) is 0 Å². The normalized spacial score (nSPS) is 14.3. The zero-order valence-electron chi connectivity index (χ0n) is 16.0. The van der Waals surface area contributed by atoms with Gasteiger partial charge >= 0.3 is 0 Å². The summed E-state index contributed by atoms with van der Waals surface area (Å²) >= 11 is 0. The molecule has 0 saturated carbocycles. The smallest absolute Gasteiger partial charge is 0.0160 e. The van der Waals surface area contributed by atoms with E-state index in [0.29, 0.717) is 0 Å². The minimum Gasteiger partial charge on any atom is -0.305 e. The quantitative estimate of drug-likeness (QED) is 0.352. The van der Waals surface area contributed by atoms with Crippen molar-refractivity contribution in [1.82, 2.24) is 4.98 Å². The van der Waals surface area contributed by atoms with Crippen LogP contribution in [0.3, 0.4) is 0 Å². The number of aromatic nitrogens is 1. The molecule has 0 atom stereocenters. The standard InChI is InChI=1S/C24H24N.Ir/c1-23(2,3)16-12-13-17-18-9-8-10-19(21-11-6-7-14-25-21)22(18)24(4,5)20(17)15-16;/h6-9,11-15H,1-5H3;/q-1;. The molecule has 0 bridgehead atoms. The van der Waals surface area contributed by atoms with Crippen LogP contribution in [0.25, 0.3) is 22.4 Å². The van der Waals surface area contributed by atoms with Gasteiger partial charge < -0.3 is 4.98 Å².